The molecule has 2 aromatic carbocycles. The number of carbonyl (C=O) groups is 1. The average Bonchev–Trinajstić information content (AvgIpc) is 2.64. The predicted molar refractivity (Wildman–Crippen MR) is 88.8 cm³/mol. The van der Waals surface area contributed by atoms with Crippen LogP contribution in [0.15, 0.2) is 48.5 Å². The summed E-state index contributed by atoms with van der Waals surface area (Å²) in [6.45, 7) is 0.438. The minimum atomic E-state index is -0.629. The molecule has 0 saturated heterocycles. The van der Waals surface area contributed by atoms with Crippen LogP contribution >= 0.6 is 0 Å². The molecule has 124 valence electrons. The minimum absolute atomic E-state index is 0.0203. The maximum Gasteiger partial charge on any atom is 0.307 e. The lowest BCUT2D eigenvalue weighted by Crippen LogP contribution is -2.08. The van der Waals surface area contributed by atoms with Crippen LogP contribution in [0, 0.1) is 11.3 Å². The van der Waals surface area contributed by atoms with E-state index >= 15 is 0 Å². The third-order valence-corrected chi connectivity index (χ3v) is 3.58. The minimum Gasteiger partial charge on any atom is -0.496 e. The number of esters is 1. The van der Waals surface area contributed by atoms with Gasteiger partial charge in [-0.2, -0.15) is 5.26 Å². The lowest BCUT2D eigenvalue weighted by molar-refractivity contribution is -0.140. The van der Waals surface area contributed by atoms with Crippen LogP contribution in [-0.2, 0) is 16.1 Å². The molecule has 1 atom stereocenters. The number of hydrogen-bond donors (Lipinski definition) is 0. The van der Waals surface area contributed by atoms with Crippen LogP contribution in [0.4, 0.5) is 0 Å². The van der Waals surface area contributed by atoms with Gasteiger partial charge in [0.25, 0.3) is 0 Å². The SMILES string of the molecule is COC(=O)CC(C#N)c1ccc(OCc2ccccc2)cc1OC. The first-order chi connectivity index (χ1) is 11.7. The van der Waals surface area contributed by atoms with Gasteiger partial charge in [-0.25, -0.2) is 0 Å². The molecule has 0 heterocycles. The van der Waals surface area contributed by atoms with Crippen molar-refractivity contribution in [2.75, 3.05) is 14.2 Å². The van der Waals surface area contributed by atoms with E-state index in [0.717, 1.165) is 5.56 Å². The van der Waals surface area contributed by atoms with Crippen LogP contribution < -0.4 is 9.47 Å². The Hall–Kier alpha value is -3.00. The van der Waals surface area contributed by atoms with Crippen molar-refractivity contribution in [3.05, 3.63) is 59.7 Å². The van der Waals surface area contributed by atoms with Gasteiger partial charge >= 0.3 is 5.97 Å². The molecule has 0 N–H and O–H groups in total. The summed E-state index contributed by atoms with van der Waals surface area (Å²) in [7, 11) is 2.82. The first-order valence-corrected chi connectivity index (χ1v) is 7.49. The molecular weight excluding hydrogens is 306 g/mol. The van der Waals surface area contributed by atoms with Crippen LogP contribution in [0.3, 0.4) is 0 Å². The van der Waals surface area contributed by atoms with Gasteiger partial charge in [0.2, 0.25) is 0 Å². The van der Waals surface area contributed by atoms with Gasteiger partial charge in [-0.1, -0.05) is 36.4 Å². The maximum atomic E-state index is 11.4. The summed E-state index contributed by atoms with van der Waals surface area (Å²) in [6, 6.07) is 17.2. The molecule has 0 aliphatic heterocycles. The second-order valence-corrected chi connectivity index (χ2v) is 5.14. The van der Waals surface area contributed by atoms with E-state index in [0.29, 0.717) is 23.7 Å². The van der Waals surface area contributed by atoms with Gasteiger partial charge in [-0.3, -0.25) is 4.79 Å². The molecule has 1 unspecified atom stereocenters. The molecule has 0 bridgehead atoms. The van der Waals surface area contributed by atoms with Gasteiger partial charge in [0.15, 0.2) is 0 Å². The molecule has 0 saturated carbocycles. The molecule has 0 aliphatic rings. The molecule has 0 aliphatic carbocycles. The van der Waals surface area contributed by atoms with Gasteiger partial charge in [-0.05, 0) is 11.6 Å². The number of ether oxygens (including phenoxy) is 3. The molecule has 0 aromatic heterocycles. The van der Waals surface area contributed by atoms with Crippen molar-refractivity contribution >= 4 is 5.97 Å². The number of rotatable bonds is 7. The summed E-state index contributed by atoms with van der Waals surface area (Å²) in [4.78, 5) is 11.4. The molecule has 0 spiro atoms. The fourth-order valence-electron chi connectivity index (χ4n) is 2.29. The normalized spacial score (nSPS) is 11.2. The summed E-state index contributed by atoms with van der Waals surface area (Å²) >= 11 is 0. The van der Waals surface area contributed by atoms with Crippen molar-refractivity contribution in [3.8, 4) is 17.6 Å². The molecule has 0 radical (unpaired) electrons. The van der Waals surface area contributed by atoms with Crippen LogP contribution in [-0.4, -0.2) is 20.2 Å². The zero-order valence-electron chi connectivity index (χ0n) is 13.7. The first-order valence-electron chi connectivity index (χ1n) is 7.49. The Morgan fingerprint density at radius 1 is 1.17 bits per heavy atom. The third-order valence-electron chi connectivity index (χ3n) is 3.58. The van der Waals surface area contributed by atoms with Crippen molar-refractivity contribution in [3.63, 3.8) is 0 Å². The van der Waals surface area contributed by atoms with Gasteiger partial charge < -0.3 is 14.2 Å². The topological polar surface area (TPSA) is 68.6 Å². The van der Waals surface area contributed by atoms with E-state index in [2.05, 4.69) is 10.8 Å². The Morgan fingerprint density at radius 3 is 2.54 bits per heavy atom. The highest BCUT2D eigenvalue weighted by Gasteiger charge is 2.20. The van der Waals surface area contributed by atoms with Crippen molar-refractivity contribution in [1.29, 1.82) is 5.26 Å². The molecule has 0 amide bonds. The molecule has 5 heteroatoms. The quantitative estimate of drug-likeness (QED) is 0.729. The van der Waals surface area contributed by atoms with E-state index in [9.17, 15) is 10.1 Å². The molecule has 5 nitrogen and oxygen atoms in total. The van der Waals surface area contributed by atoms with Crippen molar-refractivity contribution in [2.45, 2.75) is 18.9 Å². The third kappa shape index (κ3) is 4.50. The van der Waals surface area contributed by atoms with Crippen LogP contribution in [0.1, 0.15) is 23.5 Å². The van der Waals surface area contributed by atoms with E-state index in [1.807, 2.05) is 30.3 Å². The van der Waals surface area contributed by atoms with Crippen LogP contribution in [0.2, 0.25) is 0 Å². The molecule has 24 heavy (non-hydrogen) atoms. The van der Waals surface area contributed by atoms with Gasteiger partial charge in [0, 0.05) is 11.6 Å². The van der Waals surface area contributed by atoms with E-state index in [1.54, 1.807) is 18.2 Å². The number of hydrogen-bond acceptors (Lipinski definition) is 5. The number of methoxy groups -OCH3 is 2. The van der Waals surface area contributed by atoms with E-state index < -0.39 is 11.9 Å². The fourth-order valence-corrected chi connectivity index (χ4v) is 2.29. The number of nitrogens with zero attached hydrogens (tertiary/aromatic N) is 1. The summed E-state index contributed by atoms with van der Waals surface area (Å²) in [5, 5.41) is 9.32. The van der Waals surface area contributed by atoms with Crippen LogP contribution in [0.25, 0.3) is 0 Å². The lowest BCUT2D eigenvalue weighted by atomic mass is 9.96. The summed E-state index contributed by atoms with van der Waals surface area (Å²) in [6.07, 6.45) is -0.0203. The number of carbonyl (C=O) groups excluding carboxylic acids is 1. The fraction of sp³-hybridized carbons (Fsp3) is 0.263. The Labute approximate surface area is 141 Å². The summed E-state index contributed by atoms with van der Waals surface area (Å²) < 4.78 is 15.7. The maximum absolute atomic E-state index is 11.4. The molecular formula is C19H19NO4. The average molecular weight is 325 g/mol. The highest BCUT2D eigenvalue weighted by atomic mass is 16.5. The van der Waals surface area contributed by atoms with Gasteiger partial charge in [0.05, 0.1) is 32.6 Å². The number of nitriles is 1. The molecule has 2 rings (SSSR count). The van der Waals surface area contributed by atoms with Crippen molar-refractivity contribution in [2.24, 2.45) is 0 Å². The predicted octanol–water partition coefficient (Wildman–Crippen LogP) is 3.44. The molecule has 0 fully saturated rings. The van der Waals surface area contributed by atoms with E-state index in [-0.39, 0.29) is 6.42 Å². The second kappa shape index (κ2) is 8.59. The molecule has 2 aromatic rings. The highest BCUT2D eigenvalue weighted by Crippen LogP contribution is 2.32. The summed E-state index contributed by atoms with van der Waals surface area (Å²) in [5.74, 6) is 0.0776. The zero-order chi connectivity index (χ0) is 17.4. The van der Waals surface area contributed by atoms with E-state index in [4.69, 9.17) is 9.47 Å². The Bertz CT molecular complexity index is 722. The highest BCUT2D eigenvalue weighted by molar-refractivity contribution is 5.71. The Morgan fingerprint density at radius 2 is 1.92 bits per heavy atom. The Kier molecular flexibility index (Phi) is 6.21. The standard InChI is InChI=1S/C19H19NO4/c1-22-18-11-16(24-13-14-6-4-3-5-7-14)8-9-17(18)15(12-20)10-19(21)23-2/h3-9,11,15H,10,13H2,1-2H3. The lowest BCUT2D eigenvalue weighted by Gasteiger charge is -2.15. The smallest absolute Gasteiger partial charge is 0.307 e. The van der Waals surface area contributed by atoms with Crippen LogP contribution in [0.5, 0.6) is 11.5 Å². The largest absolute Gasteiger partial charge is 0.496 e. The summed E-state index contributed by atoms with van der Waals surface area (Å²) in [5.41, 5.74) is 1.69. The van der Waals surface area contributed by atoms with Gasteiger partial charge in [-0.15, -0.1) is 0 Å². The van der Waals surface area contributed by atoms with Crippen molar-refractivity contribution in [1.82, 2.24) is 0 Å². The number of benzene rings is 2. The van der Waals surface area contributed by atoms with E-state index in [1.165, 1.54) is 14.2 Å². The monoisotopic (exact) mass is 325 g/mol. The second-order valence-electron chi connectivity index (χ2n) is 5.14. The Balaban J connectivity index is 2.14. The zero-order valence-corrected chi connectivity index (χ0v) is 13.7. The van der Waals surface area contributed by atoms with Gasteiger partial charge in [0.1, 0.15) is 18.1 Å². The first kappa shape index (κ1) is 17.4. The van der Waals surface area contributed by atoms with Crippen molar-refractivity contribution < 1.29 is 19.0 Å².